The van der Waals surface area contributed by atoms with Crippen molar-refractivity contribution in [2.75, 3.05) is 18.0 Å². The van der Waals surface area contributed by atoms with Crippen LogP contribution in [0, 0.1) is 11.3 Å². The van der Waals surface area contributed by atoms with Gasteiger partial charge in [-0.25, -0.2) is 4.98 Å². The van der Waals surface area contributed by atoms with Crippen LogP contribution in [0.1, 0.15) is 32.1 Å². The number of aromatic nitrogens is 1. The first-order chi connectivity index (χ1) is 7.50. The van der Waals surface area contributed by atoms with E-state index in [0.29, 0.717) is 12.0 Å². The predicted octanol–water partition coefficient (Wildman–Crippen LogP) is 2.47. The average Bonchev–Trinajstić information content (AvgIpc) is 2.85. The highest BCUT2D eigenvalue weighted by Gasteiger charge is 2.32. The van der Waals surface area contributed by atoms with Gasteiger partial charge in [0, 0.05) is 30.7 Å². The second kappa shape index (κ2) is 4.34. The molecule has 2 heterocycles. The van der Waals surface area contributed by atoms with E-state index in [4.69, 9.17) is 5.73 Å². The van der Waals surface area contributed by atoms with Gasteiger partial charge in [0.15, 0.2) is 5.13 Å². The van der Waals surface area contributed by atoms with Gasteiger partial charge in [0.1, 0.15) is 0 Å². The quantitative estimate of drug-likeness (QED) is 0.862. The summed E-state index contributed by atoms with van der Waals surface area (Å²) >= 11 is 1.73. The second-order valence-corrected chi connectivity index (χ2v) is 6.70. The van der Waals surface area contributed by atoms with Gasteiger partial charge in [0.05, 0.1) is 0 Å². The molecule has 90 valence electrons. The van der Waals surface area contributed by atoms with Crippen molar-refractivity contribution in [3.8, 4) is 0 Å². The van der Waals surface area contributed by atoms with Crippen LogP contribution in [0.25, 0.3) is 0 Å². The first-order valence-electron chi connectivity index (χ1n) is 5.90. The number of thiazole rings is 1. The summed E-state index contributed by atoms with van der Waals surface area (Å²) in [6.45, 7) is 9.87. The molecule has 2 rings (SSSR count). The molecular formula is C12H21N3S. The van der Waals surface area contributed by atoms with E-state index in [1.807, 2.05) is 6.20 Å². The van der Waals surface area contributed by atoms with Crippen LogP contribution in [0.3, 0.4) is 0 Å². The lowest BCUT2D eigenvalue weighted by Crippen LogP contribution is -2.25. The normalized spacial score (nSPS) is 21.8. The number of nitrogens with two attached hydrogens (primary N) is 1. The van der Waals surface area contributed by atoms with Crippen molar-refractivity contribution < 1.29 is 0 Å². The number of hydrogen-bond acceptors (Lipinski definition) is 4. The van der Waals surface area contributed by atoms with E-state index in [-0.39, 0.29) is 0 Å². The first-order valence-corrected chi connectivity index (χ1v) is 6.72. The molecule has 0 aliphatic carbocycles. The number of anilines is 1. The summed E-state index contributed by atoms with van der Waals surface area (Å²) < 4.78 is 0. The van der Waals surface area contributed by atoms with Gasteiger partial charge in [0.25, 0.3) is 0 Å². The maximum absolute atomic E-state index is 5.61. The molecule has 2 N–H and O–H groups in total. The summed E-state index contributed by atoms with van der Waals surface area (Å²) in [6.07, 6.45) is 3.19. The molecule has 1 aliphatic rings. The highest BCUT2D eigenvalue weighted by atomic mass is 32.1. The second-order valence-electron chi connectivity index (χ2n) is 5.61. The van der Waals surface area contributed by atoms with Crippen molar-refractivity contribution in [3.05, 3.63) is 11.1 Å². The minimum atomic E-state index is 0.405. The molecule has 1 aromatic rings. The molecule has 0 saturated carbocycles. The van der Waals surface area contributed by atoms with E-state index in [9.17, 15) is 0 Å². The Morgan fingerprint density at radius 3 is 2.81 bits per heavy atom. The Hall–Kier alpha value is -0.610. The predicted molar refractivity (Wildman–Crippen MR) is 69.8 cm³/mol. The van der Waals surface area contributed by atoms with E-state index < -0.39 is 0 Å². The van der Waals surface area contributed by atoms with Crippen molar-refractivity contribution in [1.29, 1.82) is 0 Å². The Bertz CT molecular complexity index is 353. The zero-order chi connectivity index (χ0) is 11.8. The van der Waals surface area contributed by atoms with Crippen molar-refractivity contribution in [1.82, 2.24) is 4.98 Å². The Morgan fingerprint density at radius 1 is 1.56 bits per heavy atom. The van der Waals surface area contributed by atoms with E-state index in [2.05, 4.69) is 30.7 Å². The zero-order valence-corrected chi connectivity index (χ0v) is 11.2. The number of hydrogen-bond donors (Lipinski definition) is 1. The average molecular weight is 239 g/mol. The molecule has 3 nitrogen and oxygen atoms in total. The first kappa shape index (κ1) is 11.9. The van der Waals surface area contributed by atoms with Crippen LogP contribution in [0.15, 0.2) is 6.20 Å². The maximum Gasteiger partial charge on any atom is 0.185 e. The van der Waals surface area contributed by atoms with Crippen LogP contribution >= 0.6 is 11.3 Å². The largest absolute Gasteiger partial charge is 0.348 e. The van der Waals surface area contributed by atoms with Gasteiger partial charge in [-0.1, -0.05) is 20.8 Å². The topological polar surface area (TPSA) is 42.2 Å². The Kier molecular flexibility index (Phi) is 3.22. The molecule has 1 fully saturated rings. The van der Waals surface area contributed by atoms with E-state index in [0.717, 1.165) is 24.1 Å². The van der Waals surface area contributed by atoms with E-state index in [1.54, 1.807) is 11.3 Å². The molecule has 0 amide bonds. The standard InChI is InChI=1S/C12H21N3S/c1-12(2,3)9-4-5-15(8-9)11-14-7-10(6-13)16-11/h7,9H,4-6,8,13H2,1-3H3. The summed E-state index contributed by atoms with van der Waals surface area (Å²) in [5.41, 5.74) is 6.02. The van der Waals surface area contributed by atoms with Gasteiger partial charge in [-0.05, 0) is 17.8 Å². The molecular weight excluding hydrogens is 218 g/mol. The van der Waals surface area contributed by atoms with Crippen molar-refractivity contribution in [3.63, 3.8) is 0 Å². The minimum absolute atomic E-state index is 0.405. The fourth-order valence-corrected chi connectivity index (χ4v) is 3.00. The minimum Gasteiger partial charge on any atom is -0.348 e. The lowest BCUT2D eigenvalue weighted by molar-refractivity contribution is 0.263. The van der Waals surface area contributed by atoms with Gasteiger partial charge in [-0.3, -0.25) is 0 Å². The highest BCUT2D eigenvalue weighted by Crippen LogP contribution is 2.36. The monoisotopic (exact) mass is 239 g/mol. The molecule has 1 unspecified atom stereocenters. The number of nitrogens with zero attached hydrogens (tertiary/aromatic N) is 2. The molecule has 0 spiro atoms. The molecule has 4 heteroatoms. The van der Waals surface area contributed by atoms with E-state index in [1.165, 1.54) is 11.3 Å². The molecule has 1 aliphatic heterocycles. The fraction of sp³-hybridized carbons (Fsp3) is 0.750. The molecule has 1 aromatic heterocycles. The van der Waals surface area contributed by atoms with E-state index >= 15 is 0 Å². The summed E-state index contributed by atoms with van der Waals surface area (Å²) in [6, 6.07) is 0. The van der Waals surface area contributed by atoms with Gasteiger partial charge in [-0.15, -0.1) is 11.3 Å². The molecule has 0 bridgehead atoms. The van der Waals surface area contributed by atoms with Crippen molar-refractivity contribution in [2.24, 2.45) is 17.1 Å². The molecule has 0 radical (unpaired) electrons. The van der Waals surface area contributed by atoms with Crippen LogP contribution in [0.2, 0.25) is 0 Å². The third-order valence-electron chi connectivity index (χ3n) is 3.43. The lowest BCUT2D eigenvalue weighted by Gasteiger charge is -2.26. The van der Waals surface area contributed by atoms with Gasteiger partial charge < -0.3 is 10.6 Å². The summed E-state index contributed by atoms with van der Waals surface area (Å²) in [5, 5.41) is 1.15. The van der Waals surface area contributed by atoms with Crippen LogP contribution in [0.4, 0.5) is 5.13 Å². The lowest BCUT2D eigenvalue weighted by atomic mass is 9.80. The molecule has 16 heavy (non-hydrogen) atoms. The van der Waals surface area contributed by atoms with Crippen LogP contribution in [-0.2, 0) is 6.54 Å². The third kappa shape index (κ3) is 2.38. The smallest absolute Gasteiger partial charge is 0.185 e. The van der Waals surface area contributed by atoms with Crippen molar-refractivity contribution in [2.45, 2.75) is 33.7 Å². The van der Waals surface area contributed by atoms with Gasteiger partial charge in [0.2, 0.25) is 0 Å². The van der Waals surface area contributed by atoms with Crippen LogP contribution < -0.4 is 10.6 Å². The van der Waals surface area contributed by atoms with Crippen LogP contribution in [-0.4, -0.2) is 18.1 Å². The SMILES string of the molecule is CC(C)(C)C1CCN(c2ncc(CN)s2)C1. The maximum atomic E-state index is 5.61. The summed E-state index contributed by atoms with van der Waals surface area (Å²) in [5.74, 6) is 0.776. The highest BCUT2D eigenvalue weighted by molar-refractivity contribution is 7.15. The van der Waals surface area contributed by atoms with Gasteiger partial charge >= 0.3 is 0 Å². The summed E-state index contributed by atoms with van der Waals surface area (Å²) in [7, 11) is 0. The summed E-state index contributed by atoms with van der Waals surface area (Å²) in [4.78, 5) is 8.03. The molecule has 1 atom stereocenters. The zero-order valence-electron chi connectivity index (χ0n) is 10.4. The number of rotatable bonds is 2. The third-order valence-corrected chi connectivity index (χ3v) is 4.51. The molecule has 1 saturated heterocycles. The fourth-order valence-electron chi connectivity index (χ4n) is 2.18. The Morgan fingerprint density at radius 2 is 2.31 bits per heavy atom. The Labute approximate surface area is 102 Å². The van der Waals surface area contributed by atoms with Crippen LogP contribution in [0.5, 0.6) is 0 Å². The molecule has 0 aromatic carbocycles. The van der Waals surface area contributed by atoms with Crippen molar-refractivity contribution >= 4 is 16.5 Å². The Balaban J connectivity index is 2.03. The van der Waals surface area contributed by atoms with Gasteiger partial charge in [-0.2, -0.15) is 0 Å².